The molecule has 0 radical (unpaired) electrons. The van der Waals surface area contributed by atoms with E-state index in [4.69, 9.17) is 12.2 Å². The van der Waals surface area contributed by atoms with Gasteiger partial charge >= 0.3 is 0 Å². The molecule has 82 valence electrons. The van der Waals surface area contributed by atoms with Crippen molar-refractivity contribution in [2.75, 3.05) is 0 Å². The summed E-state index contributed by atoms with van der Waals surface area (Å²) in [6.07, 6.45) is 6.12. The second-order valence-electron chi connectivity index (χ2n) is 4.05. The smallest absolute Gasteiger partial charge is 0.144 e. The number of nitrogens with zero attached hydrogens (tertiary/aromatic N) is 1. The van der Waals surface area contributed by atoms with Gasteiger partial charge in [-0.25, -0.2) is 4.98 Å². The number of H-pyrrole nitrogens is 1. The highest BCUT2D eigenvalue weighted by Crippen LogP contribution is 2.32. The second kappa shape index (κ2) is 4.74. The Morgan fingerprint density at radius 3 is 2.73 bits per heavy atom. The van der Waals surface area contributed by atoms with E-state index in [0.717, 1.165) is 16.7 Å². The van der Waals surface area contributed by atoms with Crippen molar-refractivity contribution in [1.29, 1.82) is 0 Å². The van der Waals surface area contributed by atoms with Gasteiger partial charge in [-0.1, -0.05) is 32.0 Å². The number of halogens is 1. The molecule has 0 spiro atoms. The third-order valence-electron chi connectivity index (χ3n) is 3.05. The van der Waals surface area contributed by atoms with Crippen LogP contribution in [-0.2, 0) is 6.42 Å². The van der Waals surface area contributed by atoms with E-state index in [1.54, 1.807) is 0 Å². The Bertz CT molecular complexity index is 408. The van der Waals surface area contributed by atoms with Gasteiger partial charge in [0.15, 0.2) is 0 Å². The fourth-order valence-electron chi connectivity index (χ4n) is 2.16. The van der Waals surface area contributed by atoms with Crippen molar-refractivity contribution in [2.45, 2.75) is 44.9 Å². The highest BCUT2D eigenvalue weighted by atomic mass is 79.9. The van der Waals surface area contributed by atoms with E-state index in [0.29, 0.717) is 10.6 Å². The Hall–Kier alpha value is -0.220. The molecule has 0 saturated heterocycles. The first-order chi connectivity index (χ1) is 7.22. The van der Waals surface area contributed by atoms with Gasteiger partial charge in [-0.3, -0.25) is 0 Å². The molecule has 1 heterocycles. The molecule has 15 heavy (non-hydrogen) atoms. The van der Waals surface area contributed by atoms with Crippen LogP contribution in [0.1, 0.15) is 50.0 Å². The van der Waals surface area contributed by atoms with Gasteiger partial charge in [-0.05, 0) is 35.2 Å². The van der Waals surface area contributed by atoms with Crippen LogP contribution in [-0.4, -0.2) is 9.97 Å². The number of aromatic nitrogens is 2. The minimum atomic E-state index is 0.602. The van der Waals surface area contributed by atoms with E-state index in [1.807, 2.05) is 0 Å². The molecule has 1 saturated carbocycles. The maximum Gasteiger partial charge on any atom is 0.144 e. The maximum absolute atomic E-state index is 5.25. The van der Waals surface area contributed by atoms with Gasteiger partial charge in [0.2, 0.25) is 0 Å². The second-order valence-corrected chi connectivity index (χ2v) is 5.23. The summed E-state index contributed by atoms with van der Waals surface area (Å²) in [7, 11) is 0. The number of aryl methyl sites for hydroxylation is 1. The van der Waals surface area contributed by atoms with Crippen molar-refractivity contribution in [3.63, 3.8) is 0 Å². The van der Waals surface area contributed by atoms with Crippen LogP contribution in [0.3, 0.4) is 0 Å². The quantitative estimate of drug-likeness (QED) is 0.829. The molecule has 4 heteroatoms. The zero-order valence-corrected chi connectivity index (χ0v) is 11.2. The van der Waals surface area contributed by atoms with Crippen LogP contribution in [0.2, 0.25) is 0 Å². The first-order valence-corrected chi connectivity index (χ1v) is 6.71. The van der Waals surface area contributed by atoms with Crippen LogP contribution in [0, 0.1) is 4.64 Å². The molecule has 0 bridgehead atoms. The Morgan fingerprint density at radius 2 is 2.13 bits per heavy atom. The molecule has 1 aliphatic carbocycles. The maximum atomic E-state index is 5.25. The van der Waals surface area contributed by atoms with E-state index >= 15 is 0 Å². The van der Waals surface area contributed by atoms with Gasteiger partial charge in [0, 0.05) is 11.6 Å². The number of rotatable bonds is 2. The molecular formula is C11H15BrN2S. The Labute approximate surface area is 104 Å². The highest BCUT2D eigenvalue weighted by molar-refractivity contribution is 9.10. The number of nitrogens with one attached hydrogen (secondary N) is 1. The summed E-state index contributed by atoms with van der Waals surface area (Å²) in [5.74, 6) is 1.70. The molecule has 2 nitrogen and oxygen atoms in total. The largest absolute Gasteiger partial charge is 0.346 e. The van der Waals surface area contributed by atoms with Crippen molar-refractivity contribution in [3.05, 3.63) is 20.6 Å². The van der Waals surface area contributed by atoms with Crippen molar-refractivity contribution >= 4 is 28.1 Å². The zero-order chi connectivity index (χ0) is 10.8. The van der Waals surface area contributed by atoms with E-state index in [9.17, 15) is 0 Å². The van der Waals surface area contributed by atoms with Crippen LogP contribution in [0.5, 0.6) is 0 Å². The molecule has 2 rings (SSSR count). The van der Waals surface area contributed by atoms with Gasteiger partial charge in [-0.15, -0.1) is 0 Å². The lowest BCUT2D eigenvalue weighted by atomic mass is 10.1. The SMILES string of the molecule is CCc1[nH]c(C2CCCC2)nc(=S)c1Br. The normalized spacial score (nSPS) is 17.2. The first-order valence-electron chi connectivity index (χ1n) is 5.51. The molecular weight excluding hydrogens is 272 g/mol. The van der Waals surface area contributed by atoms with Crippen LogP contribution < -0.4 is 0 Å². The predicted molar refractivity (Wildman–Crippen MR) is 67.7 cm³/mol. The van der Waals surface area contributed by atoms with Gasteiger partial charge in [-0.2, -0.15) is 0 Å². The van der Waals surface area contributed by atoms with E-state index in [2.05, 4.69) is 32.8 Å². The molecule has 1 fully saturated rings. The molecule has 0 unspecified atom stereocenters. The summed E-state index contributed by atoms with van der Waals surface area (Å²) in [5.41, 5.74) is 1.18. The standard InChI is InChI=1S/C11H15BrN2S/c1-2-8-9(12)11(15)14-10(13-8)7-5-3-4-6-7/h7H,2-6H2,1H3,(H,13,14,15). The first kappa shape index (κ1) is 11.3. The summed E-state index contributed by atoms with van der Waals surface area (Å²) < 4.78 is 1.66. The predicted octanol–water partition coefficient (Wildman–Crippen LogP) is 4.12. The fourth-order valence-corrected chi connectivity index (χ4v) is 2.85. The Balaban J connectivity index is 2.40. The monoisotopic (exact) mass is 286 g/mol. The van der Waals surface area contributed by atoms with Gasteiger partial charge in [0.25, 0.3) is 0 Å². The van der Waals surface area contributed by atoms with Crippen LogP contribution in [0.4, 0.5) is 0 Å². The van der Waals surface area contributed by atoms with Crippen LogP contribution in [0.15, 0.2) is 4.47 Å². The Kier molecular flexibility index (Phi) is 3.57. The van der Waals surface area contributed by atoms with Gasteiger partial charge in [0.05, 0.1) is 4.47 Å². The van der Waals surface area contributed by atoms with Gasteiger partial charge < -0.3 is 4.98 Å². The third kappa shape index (κ3) is 2.31. The van der Waals surface area contributed by atoms with Crippen LogP contribution in [0.25, 0.3) is 0 Å². The molecule has 0 aliphatic heterocycles. The van der Waals surface area contributed by atoms with Crippen molar-refractivity contribution < 1.29 is 0 Å². The van der Waals surface area contributed by atoms with Crippen LogP contribution >= 0.6 is 28.1 Å². The minimum Gasteiger partial charge on any atom is -0.346 e. The van der Waals surface area contributed by atoms with Gasteiger partial charge in [0.1, 0.15) is 10.5 Å². The lowest BCUT2D eigenvalue weighted by Crippen LogP contribution is -2.04. The minimum absolute atomic E-state index is 0.602. The summed E-state index contributed by atoms with van der Waals surface area (Å²) in [6, 6.07) is 0. The highest BCUT2D eigenvalue weighted by Gasteiger charge is 2.20. The molecule has 1 aromatic rings. The van der Waals surface area contributed by atoms with Crippen molar-refractivity contribution in [2.24, 2.45) is 0 Å². The molecule has 1 aromatic heterocycles. The summed E-state index contributed by atoms with van der Waals surface area (Å²) in [4.78, 5) is 7.90. The summed E-state index contributed by atoms with van der Waals surface area (Å²) >= 11 is 8.74. The number of hydrogen-bond acceptors (Lipinski definition) is 2. The lowest BCUT2D eigenvalue weighted by Gasteiger charge is -2.11. The third-order valence-corrected chi connectivity index (χ3v) is 4.46. The zero-order valence-electron chi connectivity index (χ0n) is 8.85. The number of hydrogen-bond donors (Lipinski definition) is 1. The topological polar surface area (TPSA) is 28.7 Å². The lowest BCUT2D eigenvalue weighted by molar-refractivity contribution is 0.657. The van der Waals surface area contributed by atoms with E-state index < -0.39 is 0 Å². The molecule has 1 N–H and O–H groups in total. The summed E-state index contributed by atoms with van der Waals surface area (Å²) in [6.45, 7) is 2.13. The molecule has 0 amide bonds. The molecule has 0 aromatic carbocycles. The molecule has 0 atom stereocenters. The average Bonchev–Trinajstić information content (AvgIpc) is 2.75. The molecule has 1 aliphatic rings. The summed E-state index contributed by atoms with van der Waals surface area (Å²) in [5, 5.41) is 0. The average molecular weight is 287 g/mol. The van der Waals surface area contributed by atoms with E-state index in [1.165, 1.54) is 31.4 Å². The van der Waals surface area contributed by atoms with E-state index in [-0.39, 0.29) is 0 Å². The fraction of sp³-hybridized carbons (Fsp3) is 0.636. The van der Waals surface area contributed by atoms with Crippen molar-refractivity contribution in [1.82, 2.24) is 9.97 Å². The Morgan fingerprint density at radius 1 is 1.47 bits per heavy atom. The number of aromatic amines is 1. The van der Waals surface area contributed by atoms with Crippen molar-refractivity contribution in [3.8, 4) is 0 Å².